The minimum atomic E-state index is -0.492. The Morgan fingerprint density at radius 2 is 1.64 bits per heavy atom. The molecule has 1 heterocycles. The number of hydrogen-bond donors (Lipinski definition) is 1. The number of nitrogens with zero attached hydrogens (tertiary/aromatic N) is 1. The van der Waals surface area contributed by atoms with Crippen molar-refractivity contribution >= 4 is 28.8 Å². The van der Waals surface area contributed by atoms with Gasteiger partial charge in [-0.3, -0.25) is 9.59 Å². The Labute approximate surface area is 192 Å². The molecule has 1 aliphatic heterocycles. The number of aryl methyl sites for hydroxylation is 2. The summed E-state index contributed by atoms with van der Waals surface area (Å²) in [6.45, 7) is 7.67. The third kappa shape index (κ3) is 4.51. The Morgan fingerprint density at radius 3 is 2.27 bits per heavy atom. The summed E-state index contributed by atoms with van der Waals surface area (Å²) >= 11 is 0. The summed E-state index contributed by atoms with van der Waals surface area (Å²) in [5.74, 6) is -0.713. The first-order chi connectivity index (χ1) is 15.7. The van der Waals surface area contributed by atoms with Gasteiger partial charge in [0.15, 0.2) is 0 Å². The zero-order chi connectivity index (χ0) is 23.7. The number of rotatable bonds is 6. The van der Waals surface area contributed by atoms with E-state index in [4.69, 9.17) is 4.74 Å². The summed E-state index contributed by atoms with van der Waals surface area (Å²) in [7, 11) is 0. The second-order valence-corrected chi connectivity index (χ2v) is 8.31. The van der Waals surface area contributed by atoms with Crippen molar-refractivity contribution in [2.24, 2.45) is 0 Å². The number of halogens is 1. The molecule has 3 aromatic rings. The minimum absolute atomic E-state index is 0.00923. The number of benzene rings is 3. The van der Waals surface area contributed by atoms with E-state index in [0.717, 1.165) is 11.1 Å². The van der Waals surface area contributed by atoms with Crippen LogP contribution in [0.4, 0.5) is 15.8 Å². The second-order valence-electron chi connectivity index (χ2n) is 8.31. The van der Waals surface area contributed by atoms with E-state index in [9.17, 15) is 14.0 Å². The molecule has 0 radical (unpaired) electrons. The van der Waals surface area contributed by atoms with Crippen LogP contribution < -0.4 is 15.0 Å². The predicted octanol–water partition coefficient (Wildman–Crippen LogP) is 5.63. The molecule has 0 saturated carbocycles. The molecule has 0 spiro atoms. The van der Waals surface area contributed by atoms with Gasteiger partial charge in [0.05, 0.1) is 17.4 Å². The Balaban J connectivity index is 1.80. The highest BCUT2D eigenvalue weighted by Crippen LogP contribution is 2.36. The first kappa shape index (κ1) is 22.3. The van der Waals surface area contributed by atoms with Crippen molar-refractivity contribution in [2.75, 3.05) is 10.2 Å². The van der Waals surface area contributed by atoms with Crippen molar-refractivity contribution in [1.29, 1.82) is 0 Å². The summed E-state index contributed by atoms with van der Waals surface area (Å²) < 4.78 is 19.5. The number of carbonyl (C=O) groups excluding carboxylic acids is 2. The quantitative estimate of drug-likeness (QED) is 0.501. The van der Waals surface area contributed by atoms with E-state index < -0.39 is 17.6 Å². The SMILES string of the molecule is Cc1ccc(N2C(=O)C(Nc3cccc(F)c3)=C(c3ccc(OC(C)C)cc3)C2=O)c(C)c1. The molecule has 1 N–H and O–H groups in total. The van der Waals surface area contributed by atoms with Crippen molar-refractivity contribution in [2.45, 2.75) is 33.8 Å². The average Bonchev–Trinajstić information content (AvgIpc) is 2.98. The Hall–Kier alpha value is -3.93. The number of imide groups is 1. The van der Waals surface area contributed by atoms with Gasteiger partial charge < -0.3 is 10.1 Å². The minimum Gasteiger partial charge on any atom is -0.491 e. The monoisotopic (exact) mass is 444 g/mol. The summed E-state index contributed by atoms with van der Waals surface area (Å²) in [5, 5.41) is 2.98. The lowest BCUT2D eigenvalue weighted by Crippen LogP contribution is -2.33. The first-order valence-electron chi connectivity index (χ1n) is 10.7. The summed E-state index contributed by atoms with van der Waals surface area (Å²) in [6, 6.07) is 18.4. The fraction of sp³-hybridized carbons (Fsp3) is 0.185. The maximum atomic E-state index is 13.8. The maximum absolute atomic E-state index is 13.8. The van der Waals surface area contributed by atoms with Crippen LogP contribution in [0, 0.1) is 19.7 Å². The normalized spacial score (nSPS) is 13.8. The summed E-state index contributed by atoms with van der Waals surface area (Å²) in [6.07, 6.45) is 0.00923. The van der Waals surface area contributed by atoms with E-state index in [1.165, 1.54) is 17.0 Å². The molecule has 0 aromatic heterocycles. The lowest BCUT2D eigenvalue weighted by atomic mass is 10.0. The van der Waals surface area contributed by atoms with Crippen molar-refractivity contribution in [3.05, 3.63) is 94.9 Å². The molecule has 3 aromatic carbocycles. The number of ether oxygens (including phenoxy) is 1. The fourth-order valence-electron chi connectivity index (χ4n) is 3.87. The lowest BCUT2D eigenvalue weighted by molar-refractivity contribution is -0.120. The molecule has 0 unspecified atom stereocenters. The van der Waals surface area contributed by atoms with Crippen LogP contribution in [-0.4, -0.2) is 17.9 Å². The van der Waals surface area contributed by atoms with Gasteiger partial charge in [-0.15, -0.1) is 0 Å². The van der Waals surface area contributed by atoms with Crippen LogP contribution in [0.15, 0.2) is 72.4 Å². The van der Waals surface area contributed by atoms with Crippen molar-refractivity contribution in [3.8, 4) is 5.75 Å². The van der Waals surface area contributed by atoms with Crippen LogP contribution in [-0.2, 0) is 9.59 Å². The summed E-state index contributed by atoms with van der Waals surface area (Å²) in [4.78, 5) is 28.3. The maximum Gasteiger partial charge on any atom is 0.282 e. The standard InChI is InChI=1S/C27H25FN2O3/c1-16(2)33-22-11-9-19(10-12-22)24-25(29-21-7-5-6-20(28)15-21)27(32)30(26(24)31)23-13-8-17(3)14-18(23)4/h5-16,29H,1-4H3. The van der Waals surface area contributed by atoms with Crippen LogP contribution >= 0.6 is 0 Å². The molecular weight excluding hydrogens is 419 g/mol. The molecule has 0 atom stereocenters. The molecule has 4 rings (SSSR count). The third-order valence-corrected chi connectivity index (χ3v) is 5.29. The van der Waals surface area contributed by atoms with Crippen molar-refractivity contribution in [1.82, 2.24) is 0 Å². The van der Waals surface area contributed by atoms with Gasteiger partial charge in [-0.25, -0.2) is 9.29 Å². The molecule has 6 heteroatoms. The average molecular weight is 445 g/mol. The van der Waals surface area contributed by atoms with Gasteiger partial charge in [-0.2, -0.15) is 0 Å². The van der Waals surface area contributed by atoms with Crippen LogP contribution in [0.25, 0.3) is 5.57 Å². The van der Waals surface area contributed by atoms with Gasteiger partial charge in [0, 0.05) is 5.69 Å². The largest absolute Gasteiger partial charge is 0.491 e. The number of amides is 2. The Morgan fingerprint density at radius 1 is 0.909 bits per heavy atom. The molecule has 0 bridgehead atoms. The smallest absolute Gasteiger partial charge is 0.282 e. The van der Waals surface area contributed by atoms with Crippen LogP contribution in [0.3, 0.4) is 0 Å². The van der Waals surface area contributed by atoms with Crippen LogP contribution in [0.5, 0.6) is 5.75 Å². The molecule has 0 saturated heterocycles. The van der Waals surface area contributed by atoms with E-state index in [0.29, 0.717) is 22.7 Å². The van der Waals surface area contributed by atoms with E-state index in [1.54, 1.807) is 42.5 Å². The zero-order valence-electron chi connectivity index (χ0n) is 19.0. The van der Waals surface area contributed by atoms with Gasteiger partial charge in [0.2, 0.25) is 0 Å². The first-order valence-corrected chi connectivity index (χ1v) is 10.7. The molecule has 0 aliphatic carbocycles. The van der Waals surface area contributed by atoms with E-state index >= 15 is 0 Å². The van der Waals surface area contributed by atoms with Crippen LogP contribution in [0.1, 0.15) is 30.5 Å². The van der Waals surface area contributed by atoms with Crippen LogP contribution in [0.2, 0.25) is 0 Å². The molecule has 1 aliphatic rings. The number of nitrogens with one attached hydrogen (secondary N) is 1. The van der Waals surface area contributed by atoms with E-state index in [1.807, 2.05) is 39.8 Å². The molecule has 0 fully saturated rings. The molecule has 5 nitrogen and oxygen atoms in total. The van der Waals surface area contributed by atoms with Gasteiger partial charge >= 0.3 is 0 Å². The topological polar surface area (TPSA) is 58.6 Å². The highest BCUT2D eigenvalue weighted by molar-refractivity contribution is 6.46. The third-order valence-electron chi connectivity index (χ3n) is 5.29. The van der Waals surface area contributed by atoms with Crippen molar-refractivity contribution < 1.29 is 18.7 Å². The molecule has 33 heavy (non-hydrogen) atoms. The Kier molecular flexibility index (Phi) is 6.01. The van der Waals surface area contributed by atoms with Gasteiger partial charge in [-0.1, -0.05) is 35.9 Å². The zero-order valence-corrected chi connectivity index (χ0v) is 19.0. The molecular formula is C27H25FN2O3. The predicted molar refractivity (Wildman–Crippen MR) is 128 cm³/mol. The fourth-order valence-corrected chi connectivity index (χ4v) is 3.87. The summed E-state index contributed by atoms with van der Waals surface area (Å²) in [5.41, 5.74) is 3.62. The number of hydrogen-bond acceptors (Lipinski definition) is 4. The number of carbonyl (C=O) groups is 2. The Bertz CT molecular complexity index is 1260. The number of anilines is 2. The lowest BCUT2D eigenvalue weighted by Gasteiger charge is -2.18. The van der Waals surface area contributed by atoms with E-state index in [-0.39, 0.29) is 17.4 Å². The van der Waals surface area contributed by atoms with E-state index in [2.05, 4.69) is 5.32 Å². The molecule has 2 amide bonds. The highest BCUT2D eigenvalue weighted by atomic mass is 19.1. The second kappa shape index (κ2) is 8.90. The highest BCUT2D eigenvalue weighted by Gasteiger charge is 2.40. The van der Waals surface area contributed by atoms with Gasteiger partial charge in [0.25, 0.3) is 11.8 Å². The van der Waals surface area contributed by atoms with Gasteiger partial charge in [-0.05, 0) is 75.2 Å². The van der Waals surface area contributed by atoms with Gasteiger partial charge in [0.1, 0.15) is 17.3 Å². The van der Waals surface area contributed by atoms with Crippen molar-refractivity contribution in [3.63, 3.8) is 0 Å². The molecule has 168 valence electrons.